The molecule has 90 valence electrons. The Kier molecular flexibility index (Phi) is 2.92. The number of hydrogen-bond acceptors (Lipinski definition) is 3. The number of carbonyl (C=O) groups is 1. The van der Waals surface area contributed by atoms with Crippen LogP contribution in [0.5, 0.6) is 0 Å². The largest absolute Gasteiger partial charge is 0.391 e. The fourth-order valence-electron chi connectivity index (χ4n) is 2.13. The first kappa shape index (κ1) is 11.8. The second kappa shape index (κ2) is 3.96. The van der Waals surface area contributed by atoms with E-state index in [0.717, 1.165) is 6.42 Å². The summed E-state index contributed by atoms with van der Waals surface area (Å²) in [7, 11) is 0. The van der Waals surface area contributed by atoms with Crippen LogP contribution in [-0.2, 0) is 9.53 Å². The van der Waals surface area contributed by atoms with Crippen LogP contribution >= 0.6 is 12.2 Å². The van der Waals surface area contributed by atoms with Gasteiger partial charge < -0.3 is 15.4 Å². The van der Waals surface area contributed by atoms with Crippen LogP contribution in [0.2, 0.25) is 0 Å². The van der Waals surface area contributed by atoms with Crippen molar-refractivity contribution in [2.24, 2.45) is 17.1 Å². The third-order valence-corrected chi connectivity index (χ3v) is 3.77. The van der Waals surface area contributed by atoms with Gasteiger partial charge >= 0.3 is 0 Å². The van der Waals surface area contributed by atoms with Crippen molar-refractivity contribution in [1.82, 2.24) is 4.90 Å². The van der Waals surface area contributed by atoms with Gasteiger partial charge in [-0.25, -0.2) is 0 Å². The molecule has 0 bridgehead atoms. The van der Waals surface area contributed by atoms with Crippen molar-refractivity contribution in [3.63, 3.8) is 0 Å². The summed E-state index contributed by atoms with van der Waals surface area (Å²) in [5.74, 6) is 0.409. The lowest BCUT2D eigenvalue weighted by Crippen LogP contribution is -2.50. The Balaban J connectivity index is 1.95. The van der Waals surface area contributed by atoms with E-state index >= 15 is 0 Å². The Bertz CT molecular complexity index is 330. The van der Waals surface area contributed by atoms with Crippen molar-refractivity contribution in [2.45, 2.75) is 26.4 Å². The molecule has 16 heavy (non-hydrogen) atoms. The Morgan fingerprint density at radius 1 is 1.56 bits per heavy atom. The highest BCUT2D eigenvalue weighted by molar-refractivity contribution is 7.80. The Hall–Kier alpha value is -0.680. The van der Waals surface area contributed by atoms with Crippen molar-refractivity contribution >= 4 is 23.1 Å². The van der Waals surface area contributed by atoms with E-state index in [-0.39, 0.29) is 23.3 Å². The fourth-order valence-corrected chi connectivity index (χ4v) is 2.27. The molecule has 2 aliphatic rings. The fraction of sp³-hybridized carbons (Fsp3) is 0.818. The third-order valence-electron chi connectivity index (χ3n) is 3.51. The summed E-state index contributed by atoms with van der Waals surface area (Å²) in [5.41, 5.74) is 5.72. The zero-order valence-electron chi connectivity index (χ0n) is 9.73. The van der Waals surface area contributed by atoms with E-state index in [2.05, 4.69) is 13.8 Å². The molecule has 0 spiro atoms. The van der Waals surface area contributed by atoms with Crippen LogP contribution in [0.1, 0.15) is 20.3 Å². The molecule has 2 rings (SSSR count). The first-order valence-corrected chi connectivity index (χ1v) is 6.02. The average Bonchev–Trinajstić information content (AvgIpc) is 2.87. The van der Waals surface area contributed by atoms with Gasteiger partial charge in [-0.15, -0.1) is 0 Å². The Morgan fingerprint density at radius 2 is 2.19 bits per heavy atom. The number of hydrogen-bond donors (Lipinski definition) is 1. The Labute approximate surface area is 101 Å². The smallest absolute Gasteiger partial charge is 0.226 e. The SMILES string of the molecule is CC1(C)CC1C(=O)N1CCOC(C(N)=S)C1. The summed E-state index contributed by atoms with van der Waals surface area (Å²) in [5, 5.41) is 0. The van der Waals surface area contributed by atoms with Crippen molar-refractivity contribution < 1.29 is 9.53 Å². The molecule has 0 aromatic carbocycles. The number of nitrogens with two attached hydrogens (primary N) is 1. The van der Waals surface area contributed by atoms with Crippen LogP contribution in [0.25, 0.3) is 0 Å². The van der Waals surface area contributed by atoms with Crippen LogP contribution in [0.3, 0.4) is 0 Å². The van der Waals surface area contributed by atoms with Crippen LogP contribution in [0.4, 0.5) is 0 Å². The second-order valence-corrected chi connectivity index (χ2v) is 5.76. The molecule has 1 saturated carbocycles. The molecule has 0 radical (unpaired) electrons. The summed E-state index contributed by atoms with van der Waals surface area (Å²) in [6.45, 7) is 5.95. The van der Waals surface area contributed by atoms with Gasteiger partial charge in [-0.2, -0.15) is 0 Å². The van der Waals surface area contributed by atoms with Crippen molar-refractivity contribution in [2.75, 3.05) is 19.7 Å². The summed E-state index contributed by atoms with van der Waals surface area (Å²) in [4.78, 5) is 14.3. The average molecular weight is 242 g/mol. The van der Waals surface area contributed by atoms with E-state index in [1.165, 1.54) is 0 Å². The minimum absolute atomic E-state index is 0.175. The van der Waals surface area contributed by atoms with Crippen LogP contribution in [0.15, 0.2) is 0 Å². The van der Waals surface area contributed by atoms with Gasteiger partial charge in [0.25, 0.3) is 0 Å². The number of nitrogens with zero attached hydrogens (tertiary/aromatic N) is 1. The van der Waals surface area contributed by atoms with Crippen molar-refractivity contribution in [3.8, 4) is 0 Å². The number of carbonyl (C=O) groups excluding carboxylic acids is 1. The molecule has 1 amide bonds. The highest BCUT2D eigenvalue weighted by Crippen LogP contribution is 2.52. The van der Waals surface area contributed by atoms with Crippen molar-refractivity contribution in [1.29, 1.82) is 0 Å². The minimum atomic E-state index is -0.269. The molecule has 0 aromatic heterocycles. The van der Waals surface area contributed by atoms with Gasteiger partial charge in [0.1, 0.15) is 11.1 Å². The van der Waals surface area contributed by atoms with E-state index < -0.39 is 0 Å². The molecule has 1 saturated heterocycles. The second-order valence-electron chi connectivity index (χ2n) is 5.29. The molecular formula is C11H18N2O2S. The maximum atomic E-state index is 12.1. The van der Waals surface area contributed by atoms with Crippen molar-refractivity contribution in [3.05, 3.63) is 0 Å². The first-order chi connectivity index (χ1) is 7.42. The minimum Gasteiger partial charge on any atom is -0.391 e. The van der Waals surface area contributed by atoms with Gasteiger partial charge in [-0.05, 0) is 11.8 Å². The molecule has 2 unspecified atom stereocenters. The van der Waals surface area contributed by atoms with Gasteiger partial charge in [-0.1, -0.05) is 26.1 Å². The van der Waals surface area contributed by atoms with E-state index in [9.17, 15) is 4.79 Å². The molecule has 1 aliphatic carbocycles. The lowest BCUT2D eigenvalue weighted by molar-refractivity contribution is -0.138. The summed E-state index contributed by atoms with van der Waals surface area (Å²) < 4.78 is 5.41. The molecule has 0 aromatic rings. The molecule has 4 nitrogen and oxygen atoms in total. The molecule has 2 N–H and O–H groups in total. The number of ether oxygens (including phenoxy) is 1. The summed E-state index contributed by atoms with van der Waals surface area (Å²) in [6, 6.07) is 0. The summed E-state index contributed by atoms with van der Waals surface area (Å²) >= 11 is 4.90. The standard InChI is InChI=1S/C11H18N2O2S/c1-11(2)5-7(11)10(14)13-3-4-15-8(6-13)9(12)16/h7-8H,3-6H2,1-2H3,(H2,12,16). The highest BCUT2D eigenvalue weighted by Gasteiger charge is 2.52. The molecule has 2 fully saturated rings. The van der Waals surface area contributed by atoms with Gasteiger partial charge in [0.05, 0.1) is 13.2 Å². The van der Waals surface area contributed by atoms with E-state index in [1.54, 1.807) is 0 Å². The predicted molar refractivity (Wildman–Crippen MR) is 65.0 cm³/mol. The molecule has 5 heteroatoms. The number of morpholine rings is 1. The first-order valence-electron chi connectivity index (χ1n) is 5.61. The monoisotopic (exact) mass is 242 g/mol. The zero-order chi connectivity index (χ0) is 11.9. The maximum absolute atomic E-state index is 12.1. The van der Waals surface area contributed by atoms with Gasteiger partial charge in [-0.3, -0.25) is 4.79 Å². The molecule has 1 heterocycles. The highest BCUT2D eigenvalue weighted by atomic mass is 32.1. The third kappa shape index (κ3) is 2.20. The van der Waals surface area contributed by atoms with Gasteiger partial charge in [0, 0.05) is 12.5 Å². The van der Waals surface area contributed by atoms with E-state index in [1.807, 2.05) is 4.90 Å². The Morgan fingerprint density at radius 3 is 2.69 bits per heavy atom. The lowest BCUT2D eigenvalue weighted by Gasteiger charge is -2.32. The lowest BCUT2D eigenvalue weighted by atomic mass is 10.1. The van der Waals surface area contributed by atoms with Gasteiger partial charge in [0.2, 0.25) is 5.91 Å². The normalized spacial score (nSPS) is 32.2. The van der Waals surface area contributed by atoms with E-state index in [0.29, 0.717) is 24.7 Å². The molecule has 2 atom stereocenters. The van der Waals surface area contributed by atoms with Crippen LogP contribution < -0.4 is 5.73 Å². The van der Waals surface area contributed by atoms with Crippen LogP contribution in [-0.4, -0.2) is 41.6 Å². The quantitative estimate of drug-likeness (QED) is 0.718. The molecule has 1 aliphatic heterocycles. The van der Waals surface area contributed by atoms with E-state index in [4.69, 9.17) is 22.7 Å². The number of thiocarbonyl (C=S) groups is 1. The molecular weight excluding hydrogens is 224 g/mol. The number of amides is 1. The van der Waals surface area contributed by atoms with Crippen LogP contribution in [0, 0.1) is 11.3 Å². The number of rotatable bonds is 2. The van der Waals surface area contributed by atoms with Gasteiger partial charge in [0.15, 0.2) is 0 Å². The zero-order valence-corrected chi connectivity index (χ0v) is 10.5. The topological polar surface area (TPSA) is 55.6 Å². The predicted octanol–water partition coefficient (Wildman–Crippen LogP) is 0.546. The summed E-state index contributed by atoms with van der Waals surface area (Å²) in [6.07, 6.45) is 0.718. The maximum Gasteiger partial charge on any atom is 0.226 e.